The molecule has 5 heteroatoms. The number of halogens is 1. The Balaban J connectivity index is 2.54. The van der Waals surface area contributed by atoms with Crippen molar-refractivity contribution in [2.45, 2.75) is 25.4 Å². The fourth-order valence-corrected chi connectivity index (χ4v) is 1.57. The first-order valence-electron chi connectivity index (χ1n) is 4.87. The lowest BCUT2D eigenvalue weighted by Crippen LogP contribution is -2.50. The quantitative estimate of drug-likeness (QED) is 0.733. The Labute approximate surface area is 97.4 Å². The Morgan fingerprint density at radius 1 is 1.40 bits per heavy atom. The largest absolute Gasteiger partial charge is 0.453 e. The molecule has 0 unspecified atom stereocenters. The first kappa shape index (κ1) is 12.7. The van der Waals surface area contributed by atoms with Crippen LogP contribution in [-0.4, -0.2) is 29.0 Å². The Bertz CT molecular complexity index is 288. The fraction of sp³-hybridized carbons (Fsp3) is 0.600. The summed E-state index contributed by atoms with van der Waals surface area (Å²) >= 11 is 3.21. The predicted molar refractivity (Wildman–Crippen MR) is 60.4 cm³/mol. The van der Waals surface area contributed by atoms with Crippen LogP contribution in [0.25, 0.3) is 0 Å². The second kappa shape index (κ2) is 5.65. The van der Waals surface area contributed by atoms with Gasteiger partial charge in [-0.1, -0.05) is 6.92 Å². The second-order valence-corrected chi connectivity index (χ2v) is 4.29. The number of furan rings is 1. The van der Waals surface area contributed by atoms with Crippen molar-refractivity contribution in [3.05, 3.63) is 22.6 Å². The minimum Gasteiger partial charge on any atom is -0.453 e. The maximum atomic E-state index is 9.20. The Kier molecular flexibility index (Phi) is 4.79. The van der Waals surface area contributed by atoms with E-state index in [1.54, 1.807) is 0 Å². The van der Waals surface area contributed by atoms with Crippen LogP contribution in [0.2, 0.25) is 0 Å². The predicted octanol–water partition coefficient (Wildman–Crippen LogP) is 1.27. The summed E-state index contributed by atoms with van der Waals surface area (Å²) in [5, 5.41) is 21.5. The third kappa shape index (κ3) is 3.31. The highest BCUT2D eigenvalue weighted by Crippen LogP contribution is 2.15. The zero-order valence-electron chi connectivity index (χ0n) is 8.66. The van der Waals surface area contributed by atoms with E-state index in [1.165, 1.54) is 0 Å². The van der Waals surface area contributed by atoms with Crippen LogP contribution in [0.1, 0.15) is 19.1 Å². The van der Waals surface area contributed by atoms with Crippen molar-refractivity contribution < 1.29 is 14.6 Å². The summed E-state index contributed by atoms with van der Waals surface area (Å²) < 4.78 is 5.98. The molecule has 1 heterocycles. The molecule has 0 amide bonds. The first-order chi connectivity index (χ1) is 7.15. The monoisotopic (exact) mass is 277 g/mol. The van der Waals surface area contributed by atoms with E-state index < -0.39 is 5.54 Å². The maximum Gasteiger partial charge on any atom is 0.169 e. The average molecular weight is 278 g/mol. The normalized spacial score (nSPS) is 12.0. The molecule has 0 bridgehead atoms. The van der Waals surface area contributed by atoms with Gasteiger partial charge in [-0.25, -0.2) is 0 Å². The number of aliphatic hydroxyl groups is 2. The van der Waals surface area contributed by atoms with Gasteiger partial charge in [-0.2, -0.15) is 0 Å². The molecule has 1 rings (SSSR count). The third-order valence-corrected chi connectivity index (χ3v) is 2.97. The summed E-state index contributed by atoms with van der Waals surface area (Å²) in [6, 6.07) is 3.65. The summed E-state index contributed by atoms with van der Waals surface area (Å²) in [5.74, 6) is 0.765. The highest BCUT2D eigenvalue weighted by molar-refractivity contribution is 9.10. The van der Waals surface area contributed by atoms with Gasteiger partial charge in [0.25, 0.3) is 0 Å². The van der Waals surface area contributed by atoms with E-state index in [0.29, 0.717) is 17.6 Å². The zero-order chi connectivity index (χ0) is 11.3. The van der Waals surface area contributed by atoms with Gasteiger partial charge in [-0.15, -0.1) is 0 Å². The van der Waals surface area contributed by atoms with E-state index in [0.717, 1.165) is 5.76 Å². The molecule has 86 valence electrons. The van der Waals surface area contributed by atoms with Crippen molar-refractivity contribution in [3.8, 4) is 0 Å². The molecule has 0 saturated carbocycles. The van der Waals surface area contributed by atoms with Gasteiger partial charge in [0.15, 0.2) is 4.67 Å². The van der Waals surface area contributed by atoms with E-state index in [2.05, 4.69) is 21.2 Å². The van der Waals surface area contributed by atoms with Gasteiger partial charge >= 0.3 is 0 Å². The standard InChI is InChI=1S/C10H16BrNO3/c1-2-10(6-13,7-14)12-5-8-3-4-9(11)15-8/h3-4,12-14H,2,5-7H2,1H3. The number of hydrogen-bond acceptors (Lipinski definition) is 4. The molecule has 0 aliphatic carbocycles. The lowest BCUT2D eigenvalue weighted by atomic mass is 9.98. The van der Waals surface area contributed by atoms with Crippen LogP contribution in [0, 0.1) is 0 Å². The highest BCUT2D eigenvalue weighted by Gasteiger charge is 2.25. The molecule has 1 aromatic heterocycles. The van der Waals surface area contributed by atoms with Gasteiger partial charge in [0.05, 0.1) is 25.3 Å². The van der Waals surface area contributed by atoms with Crippen molar-refractivity contribution in [3.63, 3.8) is 0 Å². The molecule has 1 aromatic rings. The zero-order valence-corrected chi connectivity index (χ0v) is 10.2. The number of rotatable bonds is 6. The SMILES string of the molecule is CCC(CO)(CO)NCc1ccc(Br)o1. The van der Waals surface area contributed by atoms with Gasteiger partial charge in [-0.05, 0) is 34.5 Å². The molecule has 4 nitrogen and oxygen atoms in total. The van der Waals surface area contributed by atoms with Crippen LogP contribution in [-0.2, 0) is 6.54 Å². The molecule has 3 N–H and O–H groups in total. The molecule has 0 saturated heterocycles. The van der Waals surface area contributed by atoms with Crippen LogP contribution < -0.4 is 5.32 Å². The Morgan fingerprint density at radius 2 is 2.07 bits per heavy atom. The Morgan fingerprint density at radius 3 is 2.47 bits per heavy atom. The van der Waals surface area contributed by atoms with Crippen LogP contribution >= 0.6 is 15.9 Å². The molecule has 0 spiro atoms. The van der Waals surface area contributed by atoms with Crippen molar-refractivity contribution in [2.75, 3.05) is 13.2 Å². The Hall–Kier alpha value is -0.360. The van der Waals surface area contributed by atoms with Crippen molar-refractivity contribution in [1.29, 1.82) is 0 Å². The van der Waals surface area contributed by atoms with E-state index in [1.807, 2.05) is 19.1 Å². The molecular formula is C10H16BrNO3. The molecule has 0 radical (unpaired) electrons. The van der Waals surface area contributed by atoms with Gasteiger partial charge in [0.2, 0.25) is 0 Å². The lowest BCUT2D eigenvalue weighted by molar-refractivity contribution is 0.0847. The van der Waals surface area contributed by atoms with E-state index in [4.69, 9.17) is 4.42 Å². The molecule has 0 fully saturated rings. The minimum absolute atomic E-state index is 0.0954. The minimum atomic E-state index is -0.626. The van der Waals surface area contributed by atoms with Gasteiger partial charge in [0.1, 0.15) is 5.76 Å². The molecule has 0 aliphatic rings. The summed E-state index contributed by atoms with van der Waals surface area (Å²) in [6.45, 7) is 2.21. The van der Waals surface area contributed by atoms with Crippen molar-refractivity contribution in [2.24, 2.45) is 0 Å². The molecule has 0 aromatic carbocycles. The van der Waals surface area contributed by atoms with E-state index in [9.17, 15) is 10.2 Å². The molecule has 15 heavy (non-hydrogen) atoms. The van der Waals surface area contributed by atoms with Crippen LogP contribution in [0.3, 0.4) is 0 Å². The first-order valence-corrected chi connectivity index (χ1v) is 5.66. The van der Waals surface area contributed by atoms with E-state index in [-0.39, 0.29) is 13.2 Å². The van der Waals surface area contributed by atoms with Crippen LogP contribution in [0.15, 0.2) is 21.2 Å². The summed E-state index contributed by atoms with van der Waals surface area (Å²) in [4.78, 5) is 0. The lowest BCUT2D eigenvalue weighted by Gasteiger charge is -2.29. The topological polar surface area (TPSA) is 65.6 Å². The molecule has 0 atom stereocenters. The van der Waals surface area contributed by atoms with Gasteiger partial charge < -0.3 is 19.9 Å². The van der Waals surface area contributed by atoms with Gasteiger partial charge in [-0.3, -0.25) is 0 Å². The number of aliphatic hydroxyl groups excluding tert-OH is 2. The van der Waals surface area contributed by atoms with Crippen LogP contribution in [0.5, 0.6) is 0 Å². The average Bonchev–Trinajstić information content (AvgIpc) is 2.67. The molecule has 0 aliphatic heterocycles. The number of nitrogens with one attached hydrogen (secondary N) is 1. The number of hydrogen-bond donors (Lipinski definition) is 3. The maximum absolute atomic E-state index is 9.20. The van der Waals surface area contributed by atoms with Crippen LogP contribution in [0.4, 0.5) is 0 Å². The summed E-state index contributed by atoms with van der Waals surface area (Å²) in [6.07, 6.45) is 0.655. The smallest absolute Gasteiger partial charge is 0.169 e. The van der Waals surface area contributed by atoms with Crippen molar-refractivity contribution in [1.82, 2.24) is 5.32 Å². The summed E-state index contributed by atoms with van der Waals surface area (Å²) in [5.41, 5.74) is -0.626. The van der Waals surface area contributed by atoms with Gasteiger partial charge in [0, 0.05) is 0 Å². The second-order valence-electron chi connectivity index (χ2n) is 3.51. The van der Waals surface area contributed by atoms with E-state index >= 15 is 0 Å². The third-order valence-electron chi connectivity index (χ3n) is 2.55. The highest BCUT2D eigenvalue weighted by atomic mass is 79.9. The van der Waals surface area contributed by atoms with Crippen molar-refractivity contribution >= 4 is 15.9 Å². The molecular weight excluding hydrogens is 262 g/mol. The summed E-state index contributed by atoms with van der Waals surface area (Å²) in [7, 11) is 0. The fourth-order valence-electron chi connectivity index (χ4n) is 1.23.